The van der Waals surface area contributed by atoms with Crippen LogP contribution in [0.5, 0.6) is 0 Å². The molecule has 1 unspecified atom stereocenters. The van der Waals surface area contributed by atoms with Crippen LogP contribution in [-0.2, 0) is 4.79 Å². The summed E-state index contributed by atoms with van der Waals surface area (Å²) in [7, 11) is 0. The van der Waals surface area contributed by atoms with Crippen LogP contribution in [0, 0.1) is 18.8 Å². The van der Waals surface area contributed by atoms with Crippen molar-refractivity contribution in [1.29, 1.82) is 0 Å². The second kappa shape index (κ2) is 9.14. The minimum Gasteiger partial charge on any atom is -0.368 e. The average molecular weight is 395 g/mol. The maximum Gasteiger partial charge on any atom is 0.225 e. The Hall–Kier alpha value is -0.680. The second-order valence-corrected chi connectivity index (χ2v) is 6.89. The molecule has 0 saturated carbocycles. The first-order valence-electron chi connectivity index (χ1n) is 8.07. The number of nitrogens with one attached hydrogen (secondary N) is 1. The Bertz CT molecular complexity index is 558. The van der Waals surface area contributed by atoms with Crippen LogP contribution in [0.1, 0.15) is 12.5 Å². The number of rotatable bonds is 3. The Morgan fingerprint density at radius 3 is 2.38 bits per heavy atom. The van der Waals surface area contributed by atoms with Crippen molar-refractivity contribution in [3.8, 4) is 0 Å². The van der Waals surface area contributed by atoms with E-state index in [1.54, 1.807) is 0 Å². The van der Waals surface area contributed by atoms with Crippen molar-refractivity contribution in [2.24, 2.45) is 11.8 Å². The van der Waals surface area contributed by atoms with Crippen LogP contribution < -0.4 is 10.2 Å². The summed E-state index contributed by atoms with van der Waals surface area (Å²) in [4.78, 5) is 16.9. The number of carbonyl (C=O) groups is 1. The van der Waals surface area contributed by atoms with Gasteiger partial charge in [0, 0.05) is 42.8 Å². The SMILES string of the molecule is Cc1ccc(Cl)cc1N1CCN(C(=O)C(C)C2CNC2)CC1.Cl.Cl. The van der Waals surface area contributed by atoms with Crippen LogP contribution in [0.15, 0.2) is 18.2 Å². The van der Waals surface area contributed by atoms with Crippen molar-refractivity contribution in [1.82, 2.24) is 10.2 Å². The number of anilines is 1. The first-order chi connectivity index (χ1) is 10.6. The Kier molecular flexibility index (Phi) is 8.13. The van der Waals surface area contributed by atoms with E-state index in [1.165, 1.54) is 11.3 Å². The summed E-state index contributed by atoms with van der Waals surface area (Å²) >= 11 is 6.12. The fourth-order valence-electron chi connectivity index (χ4n) is 3.25. The highest BCUT2D eigenvalue weighted by atomic mass is 35.5. The molecule has 2 fully saturated rings. The lowest BCUT2D eigenvalue weighted by molar-refractivity contribution is -0.137. The Labute approximate surface area is 161 Å². The van der Waals surface area contributed by atoms with Gasteiger partial charge in [0.15, 0.2) is 0 Å². The standard InChI is InChI=1S/C17H24ClN3O.2ClH/c1-12-3-4-15(18)9-16(12)20-5-7-21(8-6-20)17(22)13(2)14-10-19-11-14;;/h3-4,9,13-14,19H,5-8,10-11H2,1-2H3;2*1H. The van der Waals surface area contributed by atoms with E-state index in [-0.39, 0.29) is 30.7 Å². The zero-order chi connectivity index (χ0) is 15.7. The quantitative estimate of drug-likeness (QED) is 0.856. The molecule has 2 saturated heterocycles. The monoisotopic (exact) mass is 393 g/mol. The van der Waals surface area contributed by atoms with E-state index in [9.17, 15) is 4.79 Å². The first-order valence-corrected chi connectivity index (χ1v) is 8.44. The maximum absolute atomic E-state index is 12.6. The second-order valence-electron chi connectivity index (χ2n) is 6.45. The molecule has 3 rings (SSSR count). The minimum absolute atomic E-state index is 0. The number of benzene rings is 1. The van der Waals surface area contributed by atoms with Crippen molar-refractivity contribution < 1.29 is 4.79 Å². The number of amides is 1. The Morgan fingerprint density at radius 1 is 1.21 bits per heavy atom. The molecule has 1 amide bonds. The number of nitrogens with zero attached hydrogens (tertiary/aromatic N) is 2. The highest BCUT2D eigenvalue weighted by Crippen LogP contribution is 2.26. The molecule has 4 nitrogen and oxygen atoms in total. The van der Waals surface area contributed by atoms with Gasteiger partial charge < -0.3 is 15.1 Å². The highest BCUT2D eigenvalue weighted by Gasteiger charge is 2.32. The fraction of sp³-hybridized carbons (Fsp3) is 0.588. The molecule has 1 aromatic carbocycles. The third kappa shape index (κ3) is 4.48. The molecule has 1 N–H and O–H groups in total. The lowest BCUT2D eigenvalue weighted by Crippen LogP contribution is -2.54. The molecular weight excluding hydrogens is 369 g/mol. The minimum atomic E-state index is 0. The van der Waals surface area contributed by atoms with Crippen LogP contribution in [0.4, 0.5) is 5.69 Å². The smallest absolute Gasteiger partial charge is 0.225 e. The molecule has 136 valence electrons. The molecule has 0 aliphatic carbocycles. The summed E-state index contributed by atoms with van der Waals surface area (Å²) in [5.74, 6) is 0.968. The number of aryl methyl sites for hydroxylation is 1. The van der Waals surface area contributed by atoms with Gasteiger partial charge >= 0.3 is 0 Å². The summed E-state index contributed by atoms with van der Waals surface area (Å²) in [6.07, 6.45) is 0. The van der Waals surface area contributed by atoms with E-state index in [1.807, 2.05) is 17.0 Å². The van der Waals surface area contributed by atoms with Crippen LogP contribution >= 0.6 is 36.4 Å². The normalized spacial score (nSPS) is 19.0. The van der Waals surface area contributed by atoms with Gasteiger partial charge in [-0.2, -0.15) is 0 Å². The first kappa shape index (κ1) is 21.4. The maximum atomic E-state index is 12.6. The summed E-state index contributed by atoms with van der Waals surface area (Å²) < 4.78 is 0. The molecule has 0 spiro atoms. The number of carbonyl (C=O) groups excluding carboxylic acids is 1. The van der Waals surface area contributed by atoms with Crippen molar-refractivity contribution in [3.63, 3.8) is 0 Å². The number of piperazine rings is 1. The predicted molar refractivity (Wildman–Crippen MR) is 105 cm³/mol. The molecule has 0 radical (unpaired) electrons. The van der Waals surface area contributed by atoms with Gasteiger partial charge in [0.25, 0.3) is 0 Å². The van der Waals surface area contributed by atoms with E-state index in [0.717, 1.165) is 44.3 Å². The van der Waals surface area contributed by atoms with Crippen molar-refractivity contribution in [3.05, 3.63) is 28.8 Å². The van der Waals surface area contributed by atoms with Gasteiger partial charge in [-0.25, -0.2) is 0 Å². The molecule has 2 aliphatic rings. The van der Waals surface area contributed by atoms with Crippen molar-refractivity contribution >= 4 is 48.0 Å². The van der Waals surface area contributed by atoms with Gasteiger partial charge in [-0.1, -0.05) is 24.6 Å². The van der Waals surface area contributed by atoms with Crippen LogP contribution in [-0.4, -0.2) is 50.1 Å². The van der Waals surface area contributed by atoms with Gasteiger partial charge in [0.2, 0.25) is 5.91 Å². The molecule has 7 heteroatoms. The summed E-state index contributed by atoms with van der Waals surface area (Å²) in [5, 5.41) is 4.02. The fourth-order valence-corrected chi connectivity index (χ4v) is 3.41. The van der Waals surface area contributed by atoms with Gasteiger partial charge in [0.05, 0.1) is 0 Å². The lowest BCUT2D eigenvalue weighted by atomic mass is 9.88. The Morgan fingerprint density at radius 2 is 1.83 bits per heavy atom. The third-order valence-corrected chi connectivity index (χ3v) is 5.25. The average Bonchev–Trinajstić information content (AvgIpc) is 2.47. The zero-order valence-electron chi connectivity index (χ0n) is 14.1. The van der Waals surface area contributed by atoms with E-state index in [4.69, 9.17) is 11.6 Å². The van der Waals surface area contributed by atoms with Gasteiger partial charge in [0.1, 0.15) is 0 Å². The van der Waals surface area contributed by atoms with E-state index in [2.05, 4.69) is 30.1 Å². The molecule has 1 atom stereocenters. The van der Waals surface area contributed by atoms with Crippen LogP contribution in [0.25, 0.3) is 0 Å². The molecular formula is C17H26Cl3N3O. The number of halogens is 3. The number of hydrogen-bond donors (Lipinski definition) is 1. The number of hydrogen-bond acceptors (Lipinski definition) is 3. The Balaban J connectivity index is 0.00000144. The van der Waals surface area contributed by atoms with Crippen molar-refractivity contribution in [2.75, 3.05) is 44.2 Å². The highest BCUT2D eigenvalue weighted by molar-refractivity contribution is 6.30. The summed E-state index contributed by atoms with van der Waals surface area (Å²) in [6.45, 7) is 9.50. The largest absolute Gasteiger partial charge is 0.368 e. The zero-order valence-corrected chi connectivity index (χ0v) is 16.5. The molecule has 2 heterocycles. The van der Waals surface area contributed by atoms with Crippen LogP contribution in [0.2, 0.25) is 5.02 Å². The topological polar surface area (TPSA) is 35.6 Å². The van der Waals surface area contributed by atoms with E-state index < -0.39 is 0 Å². The molecule has 0 aromatic heterocycles. The van der Waals surface area contributed by atoms with Gasteiger partial charge in [-0.3, -0.25) is 4.79 Å². The van der Waals surface area contributed by atoms with E-state index >= 15 is 0 Å². The summed E-state index contributed by atoms with van der Waals surface area (Å²) in [6, 6.07) is 6.01. The third-order valence-electron chi connectivity index (χ3n) is 5.01. The molecule has 1 aromatic rings. The van der Waals surface area contributed by atoms with Gasteiger partial charge in [-0.15, -0.1) is 24.8 Å². The lowest BCUT2D eigenvalue weighted by Gasteiger charge is -2.40. The summed E-state index contributed by atoms with van der Waals surface area (Å²) in [5.41, 5.74) is 2.42. The van der Waals surface area contributed by atoms with Gasteiger partial charge in [-0.05, 0) is 43.6 Å². The van der Waals surface area contributed by atoms with Crippen molar-refractivity contribution in [2.45, 2.75) is 13.8 Å². The van der Waals surface area contributed by atoms with Crippen LogP contribution in [0.3, 0.4) is 0 Å². The molecule has 0 bridgehead atoms. The van der Waals surface area contributed by atoms with E-state index in [0.29, 0.717) is 11.8 Å². The predicted octanol–water partition coefficient (Wildman–Crippen LogP) is 3.00. The molecule has 24 heavy (non-hydrogen) atoms. The molecule has 2 aliphatic heterocycles.